The van der Waals surface area contributed by atoms with Crippen molar-refractivity contribution in [1.82, 2.24) is 0 Å². The Hall–Kier alpha value is -0.530. The Kier molecular flexibility index (Phi) is 5.82. The van der Waals surface area contributed by atoms with Crippen molar-refractivity contribution in [3.05, 3.63) is 0 Å². The summed E-state index contributed by atoms with van der Waals surface area (Å²) in [6.45, 7) is 10.7. The van der Waals surface area contributed by atoms with Gasteiger partial charge in [0.1, 0.15) is 0 Å². The molecule has 0 bridgehead atoms. The zero-order chi connectivity index (χ0) is 11.3. The molecule has 0 aliphatic heterocycles. The quantitative estimate of drug-likeness (QED) is 0.702. The van der Waals surface area contributed by atoms with E-state index < -0.39 is 0 Å². The van der Waals surface area contributed by atoms with Gasteiger partial charge in [0, 0.05) is 5.92 Å². The molecule has 0 spiro atoms. The highest BCUT2D eigenvalue weighted by atomic mass is 16.1. The summed E-state index contributed by atoms with van der Waals surface area (Å²) in [5.74, 6) is 1.26. The maximum absolute atomic E-state index is 11.3. The standard InChI is InChI=1S/C12H25NO/c1-6-10(7-2)9(5)11(8(3)4)12(13)14/h8-11H,6-7H2,1-5H3,(H2,13,14). The first-order chi connectivity index (χ1) is 6.45. The van der Waals surface area contributed by atoms with Crippen LogP contribution in [-0.2, 0) is 4.79 Å². The molecule has 0 aromatic heterocycles. The summed E-state index contributed by atoms with van der Waals surface area (Å²) in [6.07, 6.45) is 2.27. The highest BCUT2D eigenvalue weighted by Crippen LogP contribution is 2.30. The van der Waals surface area contributed by atoms with Gasteiger partial charge in [0.15, 0.2) is 0 Å². The molecule has 2 nitrogen and oxygen atoms in total. The van der Waals surface area contributed by atoms with Crippen LogP contribution in [0.3, 0.4) is 0 Å². The smallest absolute Gasteiger partial charge is 0.221 e. The van der Waals surface area contributed by atoms with Crippen molar-refractivity contribution >= 4 is 5.91 Å². The molecule has 0 radical (unpaired) electrons. The molecule has 0 saturated heterocycles. The van der Waals surface area contributed by atoms with Crippen LogP contribution in [0.1, 0.15) is 47.5 Å². The van der Waals surface area contributed by atoms with Crippen molar-refractivity contribution in [2.24, 2.45) is 29.4 Å². The van der Waals surface area contributed by atoms with Crippen molar-refractivity contribution in [3.63, 3.8) is 0 Å². The van der Waals surface area contributed by atoms with Crippen molar-refractivity contribution in [2.75, 3.05) is 0 Å². The topological polar surface area (TPSA) is 43.1 Å². The maximum Gasteiger partial charge on any atom is 0.221 e. The molecular formula is C12H25NO. The lowest BCUT2D eigenvalue weighted by Gasteiger charge is -2.30. The molecule has 0 aromatic carbocycles. The van der Waals surface area contributed by atoms with Gasteiger partial charge in [0.25, 0.3) is 0 Å². The molecule has 14 heavy (non-hydrogen) atoms. The summed E-state index contributed by atoms with van der Waals surface area (Å²) >= 11 is 0. The molecule has 0 rings (SSSR count). The van der Waals surface area contributed by atoms with Crippen molar-refractivity contribution in [3.8, 4) is 0 Å². The second-order valence-electron chi connectivity index (χ2n) is 4.61. The van der Waals surface area contributed by atoms with Gasteiger partial charge in [-0.05, 0) is 17.8 Å². The van der Waals surface area contributed by atoms with E-state index in [-0.39, 0.29) is 11.8 Å². The average Bonchev–Trinajstić information content (AvgIpc) is 2.04. The third-order valence-electron chi connectivity index (χ3n) is 3.41. The lowest BCUT2D eigenvalue weighted by Crippen LogP contribution is -2.35. The Morgan fingerprint density at radius 1 is 1.14 bits per heavy atom. The van der Waals surface area contributed by atoms with Crippen LogP contribution in [0.4, 0.5) is 0 Å². The van der Waals surface area contributed by atoms with Crippen LogP contribution in [-0.4, -0.2) is 5.91 Å². The summed E-state index contributed by atoms with van der Waals surface area (Å²) < 4.78 is 0. The largest absolute Gasteiger partial charge is 0.369 e. The molecule has 2 heteroatoms. The van der Waals surface area contributed by atoms with Crippen LogP contribution in [0.25, 0.3) is 0 Å². The highest BCUT2D eigenvalue weighted by Gasteiger charge is 2.30. The lowest BCUT2D eigenvalue weighted by molar-refractivity contribution is -0.125. The molecule has 0 saturated carbocycles. The number of amides is 1. The first-order valence-corrected chi connectivity index (χ1v) is 5.74. The van der Waals surface area contributed by atoms with E-state index in [1.54, 1.807) is 0 Å². The summed E-state index contributed by atoms with van der Waals surface area (Å²) in [5, 5.41) is 0. The lowest BCUT2D eigenvalue weighted by atomic mass is 9.75. The fourth-order valence-electron chi connectivity index (χ4n) is 2.52. The fraction of sp³-hybridized carbons (Fsp3) is 0.917. The van der Waals surface area contributed by atoms with E-state index in [1.807, 2.05) is 0 Å². The summed E-state index contributed by atoms with van der Waals surface area (Å²) in [5.41, 5.74) is 5.45. The van der Waals surface area contributed by atoms with Crippen molar-refractivity contribution in [1.29, 1.82) is 0 Å². The van der Waals surface area contributed by atoms with E-state index in [2.05, 4.69) is 34.6 Å². The summed E-state index contributed by atoms with van der Waals surface area (Å²) in [4.78, 5) is 11.3. The van der Waals surface area contributed by atoms with E-state index in [1.165, 1.54) is 0 Å². The van der Waals surface area contributed by atoms with Crippen molar-refractivity contribution < 1.29 is 4.79 Å². The molecule has 2 atom stereocenters. The first-order valence-electron chi connectivity index (χ1n) is 5.74. The number of carbonyl (C=O) groups is 1. The van der Waals surface area contributed by atoms with E-state index in [4.69, 9.17) is 5.73 Å². The van der Waals surface area contributed by atoms with Crippen LogP contribution in [0.5, 0.6) is 0 Å². The Bertz CT molecular complexity index is 173. The zero-order valence-corrected chi connectivity index (χ0v) is 10.2. The van der Waals surface area contributed by atoms with Crippen LogP contribution in [0.15, 0.2) is 0 Å². The van der Waals surface area contributed by atoms with Crippen LogP contribution in [0, 0.1) is 23.7 Å². The molecule has 2 unspecified atom stereocenters. The fourth-order valence-corrected chi connectivity index (χ4v) is 2.52. The highest BCUT2D eigenvalue weighted by molar-refractivity contribution is 5.77. The molecule has 84 valence electrons. The van der Waals surface area contributed by atoms with Crippen molar-refractivity contribution in [2.45, 2.75) is 47.5 Å². The van der Waals surface area contributed by atoms with Crippen LogP contribution >= 0.6 is 0 Å². The van der Waals surface area contributed by atoms with E-state index >= 15 is 0 Å². The van der Waals surface area contributed by atoms with E-state index in [0.717, 1.165) is 12.8 Å². The van der Waals surface area contributed by atoms with Gasteiger partial charge in [0.2, 0.25) is 5.91 Å². The zero-order valence-electron chi connectivity index (χ0n) is 10.2. The van der Waals surface area contributed by atoms with Gasteiger partial charge >= 0.3 is 0 Å². The molecule has 2 N–H and O–H groups in total. The van der Waals surface area contributed by atoms with E-state index in [9.17, 15) is 4.79 Å². The molecule has 0 fully saturated rings. The number of hydrogen-bond donors (Lipinski definition) is 1. The molecular weight excluding hydrogens is 174 g/mol. The minimum absolute atomic E-state index is 0.0277. The van der Waals surface area contributed by atoms with Gasteiger partial charge in [-0.2, -0.15) is 0 Å². The average molecular weight is 199 g/mol. The SMILES string of the molecule is CCC(CC)C(C)C(C(N)=O)C(C)C. The number of carbonyl (C=O) groups excluding carboxylic acids is 1. The van der Waals surface area contributed by atoms with Gasteiger partial charge in [-0.3, -0.25) is 4.79 Å². The van der Waals surface area contributed by atoms with Gasteiger partial charge in [-0.25, -0.2) is 0 Å². The summed E-state index contributed by atoms with van der Waals surface area (Å²) in [6, 6.07) is 0. The monoisotopic (exact) mass is 199 g/mol. The Labute approximate surface area is 88.3 Å². The van der Waals surface area contributed by atoms with Crippen LogP contribution in [0.2, 0.25) is 0 Å². The number of nitrogens with two attached hydrogens (primary N) is 1. The predicted octanol–water partition coefficient (Wildman–Crippen LogP) is 2.82. The second kappa shape index (κ2) is 6.05. The third-order valence-corrected chi connectivity index (χ3v) is 3.41. The normalized spacial score (nSPS) is 15.9. The predicted molar refractivity (Wildman–Crippen MR) is 60.8 cm³/mol. The molecule has 0 aromatic rings. The minimum Gasteiger partial charge on any atom is -0.369 e. The van der Waals surface area contributed by atoms with Gasteiger partial charge in [-0.1, -0.05) is 47.5 Å². The Morgan fingerprint density at radius 2 is 1.57 bits per heavy atom. The summed E-state index contributed by atoms with van der Waals surface area (Å²) in [7, 11) is 0. The van der Waals surface area contributed by atoms with Gasteiger partial charge in [-0.15, -0.1) is 0 Å². The van der Waals surface area contributed by atoms with Crippen LogP contribution < -0.4 is 5.73 Å². The Morgan fingerprint density at radius 3 is 1.79 bits per heavy atom. The second-order valence-corrected chi connectivity index (χ2v) is 4.61. The molecule has 0 aliphatic carbocycles. The van der Waals surface area contributed by atoms with Gasteiger partial charge in [0.05, 0.1) is 0 Å². The number of hydrogen-bond acceptors (Lipinski definition) is 1. The first kappa shape index (κ1) is 13.5. The molecule has 0 aliphatic rings. The third kappa shape index (κ3) is 3.32. The number of primary amides is 1. The molecule has 1 amide bonds. The number of rotatable bonds is 6. The molecule has 0 heterocycles. The Balaban J connectivity index is 4.57. The van der Waals surface area contributed by atoms with Gasteiger partial charge < -0.3 is 5.73 Å². The maximum atomic E-state index is 11.3. The minimum atomic E-state index is -0.139. The van der Waals surface area contributed by atoms with E-state index in [0.29, 0.717) is 17.8 Å².